The zero-order valence-corrected chi connectivity index (χ0v) is 10.4. The largest absolute Gasteiger partial charge is 0.346 e. The van der Waals surface area contributed by atoms with Crippen LogP contribution in [0.2, 0.25) is 0 Å². The minimum absolute atomic E-state index is 0.0605. The molecule has 0 fully saturated rings. The Labute approximate surface area is 109 Å². The van der Waals surface area contributed by atoms with Gasteiger partial charge in [0.2, 0.25) is 0 Å². The summed E-state index contributed by atoms with van der Waals surface area (Å²) in [4.78, 5) is 12.4. The summed E-state index contributed by atoms with van der Waals surface area (Å²) >= 11 is 0. The lowest BCUT2D eigenvalue weighted by Gasteiger charge is -2.06. The number of rotatable bonds is 1. The zero-order valence-electron chi connectivity index (χ0n) is 10.4. The first kappa shape index (κ1) is 11.3. The predicted molar refractivity (Wildman–Crippen MR) is 73.2 cm³/mol. The van der Waals surface area contributed by atoms with Gasteiger partial charge in [0.15, 0.2) is 0 Å². The number of aryl methyl sites for hydroxylation is 1. The summed E-state index contributed by atoms with van der Waals surface area (Å²) in [7, 11) is 1.85. The second kappa shape index (κ2) is 4.14. The molecule has 1 aromatic carbocycles. The fourth-order valence-electron chi connectivity index (χ4n) is 2.19. The van der Waals surface area contributed by atoms with Crippen LogP contribution in [0.1, 0.15) is 5.56 Å². The molecule has 0 spiro atoms. The van der Waals surface area contributed by atoms with Gasteiger partial charge >= 0.3 is 0 Å². The van der Waals surface area contributed by atoms with E-state index in [2.05, 4.69) is 6.07 Å². The fraction of sp³-hybridized carbons (Fsp3) is 0.0667. The van der Waals surface area contributed by atoms with Crippen LogP contribution < -0.4 is 5.56 Å². The summed E-state index contributed by atoms with van der Waals surface area (Å²) in [5.74, 6) is 0. The lowest BCUT2D eigenvalue weighted by Crippen LogP contribution is -2.19. The van der Waals surface area contributed by atoms with Crippen LogP contribution in [0.15, 0.2) is 53.6 Å². The molecule has 3 aromatic rings. The molecule has 4 heteroatoms. The number of hydrogen-bond acceptors (Lipinski definition) is 2. The van der Waals surface area contributed by atoms with E-state index in [1.165, 1.54) is 0 Å². The van der Waals surface area contributed by atoms with Crippen molar-refractivity contribution in [2.24, 2.45) is 7.05 Å². The van der Waals surface area contributed by atoms with Gasteiger partial charge < -0.3 is 4.57 Å². The van der Waals surface area contributed by atoms with Gasteiger partial charge in [-0.3, -0.25) is 9.36 Å². The molecule has 0 aliphatic carbocycles. The Morgan fingerprint density at radius 2 is 1.74 bits per heavy atom. The number of fused-ring (bicyclic) bond motifs is 1. The van der Waals surface area contributed by atoms with Crippen LogP contribution in [-0.4, -0.2) is 9.13 Å². The maximum Gasteiger partial charge on any atom is 0.279 e. The topological polar surface area (TPSA) is 50.7 Å². The minimum atomic E-state index is -0.0605. The SMILES string of the molecule is Cn1ccc2ccn(-c3ccc(C#N)cc3)c(=O)c21. The number of pyridine rings is 1. The quantitative estimate of drug-likeness (QED) is 0.664. The molecule has 0 saturated heterocycles. The lowest BCUT2D eigenvalue weighted by molar-refractivity contribution is 0.930. The van der Waals surface area contributed by atoms with Crippen LogP contribution in [0.25, 0.3) is 16.6 Å². The van der Waals surface area contributed by atoms with Crippen LogP contribution in [0.4, 0.5) is 0 Å². The van der Waals surface area contributed by atoms with E-state index in [-0.39, 0.29) is 5.56 Å². The Kier molecular flexibility index (Phi) is 2.46. The lowest BCUT2D eigenvalue weighted by atomic mass is 10.2. The molecule has 0 aliphatic heterocycles. The van der Waals surface area contributed by atoms with Crippen LogP contribution in [0.3, 0.4) is 0 Å². The maximum atomic E-state index is 12.4. The molecule has 92 valence electrons. The summed E-state index contributed by atoms with van der Waals surface area (Å²) in [6, 6.07) is 12.8. The zero-order chi connectivity index (χ0) is 13.4. The molecule has 2 heterocycles. The highest BCUT2D eigenvalue weighted by molar-refractivity contribution is 5.79. The van der Waals surface area contributed by atoms with Crippen molar-refractivity contribution in [3.05, 3.63) is 64.7 Å². The summed E-state index contributed by atoms with van der Waals surface area (Å²) < 4.78 is 3.40. The molecule has 0 aliphatic rings. The first-order valence-electron chi connectivity index (χ1n) is 5.88. The van der Waals surface area contributed by atoms with Gasteiger partial charge in [0.1, 0.15) is 5.52 Å². The van der Waals surface area contributed by atoms with E-state index in [1.54, 1.807) is 35.0 Å². The third kappa shape index (κ3) is 1.72. The fourth-order valence-corrected chi connectivity index (χ4v) is 2.19. The predicted octanol–water partition coefficient (Wildman–Crippen LogP) is 2.20. The first-order chi connectivity index (χ1) is 9.20. The van der Waals surface area contributed by atoms with Crippen molar-refractivity contribution < 1.29 is 0 Å². The van der Waals surface area contributed by atoms with E-state index in [1.807, 2.05) is 29.9 Å². The van der Waals surface area contributed by atoms with Gasteiger partial charge in [-0.15, -0.1) is 0 Å². The van der Waals surface area contributed by atoms with Gasteiger partial charge in [-0.1, -0.05) is 0 Å². The van der Waals surface area contributed by atoms with Gasteiger partial charge in [0.25, 0.3) is 5.56 Å². The van der Waals surface area contributed by atoms with Crippen molar-refractivity contribution in [2.75, 3.05) is 0 Å². The smallest absolute Gasteiger partial charge is 0.279 e. The molecule has 4 nitrogen and oxygen atoms in total. The second-order valence-corrected chi connectivity index (χ2v) is 4.38. The van der Waals surface area contributed by atoms with E-state index in [0.717, 1.165) is 11.1 Å². The molecule has 0 radical (unpaired) electrons. The first-order valence-corrected chi connectivity index (χ1v) is 5.88. The molecular formula is C15H11N3O. The Morgan fingerprint density at radius 1 is 1.05 bits per heavy atom. The number of benzene rings is 1. The average Bonchev–Trinajstić information content (AvgIpc) is 2.82. The van der Waals surface area contributed by atoms with Gasteiger partial charge in [-0.05, 0) is 36.4 Å². The van der Waals surface area contributed by atoms with E-state index < -0.39 is 0 Å². The summed E-state index contributed by atoms with van der Waals surface area (Å²) in [6.07, 6.45) is 3.63. The van der Waals surface area contributed by atoms with Crippen LogP contribution in [0.5, 0.6) is 0 Å². The van der Waals surface area contributed by atoms with Gasteiger partial charge in [0, 0.05) is 30.5 Å². The molecule has 0 atom stereocenters. The standard InChI is InChI=1S/C15H11N3O/c1-17-8-6-12-7-9-18(15(19)14(12)17)13-4-2-11(10-16)3-5-13/h2-9H,1H3. The van der Waals surface area contributed by atoms with Crippen molar-refractivity contribution in [2.45, 2.75) is 0 Å². The third-order valence-electron chi connectivity index (χ3n) is 3.20. The van der Waals surface area contributed by atoms with E-state index in [0.29, 0.717) is 11.1 Å². The highest BCUT2D eigenvalue weighted by Gasteiger charge is 2.07. The highest BCUT2D eigenvalue weighted by atomic mass is 16.1. The van der Waals surface area contributed by atoms with Crippen LogP contribution in [-0.2, 0) is 7.05 Å². The van der Waals surface area contributed by atoms with Crippen molar-refractivity contribution in [1.29, 1.82) is 5.26 Å². The average molecular weight is 249 g/mol. The van der Waals surface area contributed by atoms with Crippen molar-refractivity contribution in [3.63, 3.8) is 0 Å². The number of nitriles is 1. The van der Waals surface area contributed by atoms with Gasteiger partial charge in [0.05, 0.1) is 11.6 Å². The van der Waals surface area contributed by atoms with E-state index in [9.17, 15) is 4.79 Å². The summed E-state index contributed by atoms with van der Waals surface area (Å²) in [6.45, 7) is 0. The normalized spacial score (nSPS) is 10.5. The molecule has 0 unspecified atom stereocenters. The Morgan fingerprint density at radius 3 is 2.42 bits per heavy atom. The number of aromatic nitrogens is 2. The Hall–Kier alpha value is -2.80. The van der Waals surface area contributed by atoms with E-state index >= 15 is 0 Å². The molecular weight excluding hydrogens is 238 g/mol. The minimum Gasteiger partial charge on any atom is -0.346 e. The van der Waals surface area contributed by atoms with Crippen molar-refractivity contribution >= 4 is 10.9 Å². The second-order valence-electron chi connectivity index (χ2n) is 4.38. The summed E-state index contributed by atoms with van der Waals surface area (Å²) in [5.41, 5.74) is 1.95. The van der Waals surface area contributed by atoms with Crippen molar-refractivity contribution in [3.8, 4) is 11.8 Å². The van der Waals surface area contributed by atoms with Crippen LogP contribution in [0, 0.1) is 11.3 Å². The molecule has 2 aromatic heterocycles. The maximum absolute atomic E-state index is 12.4. The third-order valence-corrected chi connectivity index (χ3v) is 3.20. The van der Waals surface area contributed by atoms with E-state index in [4.69, 9.17) is 5.26 Å². The molecule has 0 amide bonds. The van der Waals surface area contributed by atoms with Crippen LogP contribution >= 0.6 is 0 Å². The Balaban J connectivity index is 2.25. The Bertz CT molecular complexity index is 848. The molecule has 0 bridgehead atoms. The molecule has 0 saturated carbocycles. The highest BCUT2D eigenvalue weighted by Crippen LogP contribution is 2.13. The summed E-state index contributed by atoms with van der Waals surface area (Å²) in [5, 5.41) is 9.71. The van der Waals surface area contributed by atoms with Crippen molar-refractivity contribution in [1.82, 2.24) is 9.13 Å². The molecule has 19 heavy (non-hydrogen) atoms. The van der Waals surface area contributed by atoms with Gasteiger partial charge in [-0.25, -0.2) is 0 Å². The van der Waals surface area contributed by atoms with Gasteiger partial charge in [-0.2, -0.15) is 5.26 Å². The monoisotopic (exact) mass is 249 g/mol. The number of nitrogens with zero attached hydrogens (tertiary/aromatic N) is 3. The number of hydrogen-bond donors (Lipinski definition) is 0. The molecule has 0 N–H and O–H groups in total. The molecule has 3 rings (SSSR count).